The molecule has 0 spiro atoms. The molecule has 0 radical (unpaired) electrons. The minimum absolute atomic E-state index is 0.00530. The minimum atomic E-state index is -0.878. The third-order valence-corrected chi connectivity index (χ3v) is 6.06. The molecule has 3 aromatic rings. The Morgan fingerprint density at radius 3 is 2.46 bits per heavy atom. The van der Waals surface area contributed by atoms with E-state index in [2.05, 4.69) is 16.7 Å². The van der Waals surface area contributed by atoms with Gasteiger partial charge in [-0.1, -0.05) is 48.0 Å². The molecular weight excluding hydrogens is 368 g/mol. The van der Waals surface area contributed by atoms with Gasteiger partial charge in [-0.3, -0.25) is 4.79 Å². The van der Waals surface area contributed by atoms with Crippen molar-refractivity contribution in [1.29, 1.82) is 0 Å². The Labute approximate surface area is 170 Å². The molecule has 2 aromatic carbocycles. The summed E-state index contributed by atoms with van der Waals surface area (Å²) in [6.45, 7) is 8.14. The van der Waals surface area contributed by atoms with E-state index in [0.717, 1.165) is 32.3 Å². The van der Waals surface area contributed by atoms with Gasteiger partial charge in [0.2, 0.25) is 0 Å². The first-order valence-corrected chi connectivity index (χ1v) is 10.1. The number of aryl methyl sites for hydroxylation is 2. The highest BCUT2D eigenvalue weighted by Gasteiger charge is 2.23. The number of aliphatic hydroxyl groups is 1. The van der Waals surface area contributed by atoms with Gasteiger partial charge in [0.05, 0.1) is 10.4 Å². The lowest BCUT2D eigenvalue weighted by atomic mass is 10.1. The molecule has 0 amide bonds. The molecule has 5 heteroatoms. The number of carbonyl (C=O) groups is 1. The normalized spacial score (nSPS) is 11.9. The second-order valence-electron chi connectivity index (χ2n) is 7.06. The van der Waals surface area contributed by atoms with Gasteiger partial charge < -0.3 is 15.7 Å². The van der Waals surface area contributed by atoms with Crippen LogP contribution in [0.25, 0.3) is 0 Å². The first-order chi connectivity index (χ1) is 13.4. The van der Waals surface area contributed by atoms with Crippen LogP contribution < -0.4 is 10.6 Å². The molecule has 0 aliphatic heterocycles. The summed E-state index contributed by atoms with van der Waals surface area (Å²) in [5.74, 6) is -0.00530. The first-order valence-electron chi connectivity index (χ1n) is 9.30. The fourth-order valence-corrected chi connectivity index (χ4v) is 4.50. The molecule has 0 aliphatic rings. The average molecular weight is 395 g/mol. The Balaban J connectivity index is 1.85. The number of hydrogen-bond acceptors (Lipinski definition) is 5. The topological polar surface area (TPSA) is 61.4 Å². The molecule has 146 valence electrons. The molecule has 0 aliphatic carbocycles. The highest BCUT2D eigenvalue weighted by molar-refractivity contribution is 7.16. The van der Waals surface area contributed by atoms with Crippen molar-refractivity contribution in [2.24, 2.45) is 0 Å². The van der Waals surface area contributed by atoms with Crippen LogP contribution in [0, 0.1) is 20.8 Å². The van der Waals surface area contributed by atoms with Crippen molar-refractivity contribution in [3.63, 3.8) is 0 Å². The van der Waals surface area contributed by atoms with Crippen LogP contribution in [0.5, 0.6) is 0 Å². The maximum absolute atomic E-state index is 12.2. The zero-order chi connectivity index (χ0) is 20.3. The molecule has 0 bridgehead atoms. The van der Waals surface area contributed by atoms with Crippen molar-refractivity contribution in [3.05, 3.63) is 81.2 Å². The summed E-state index contributed by atoms with van der Waals surface area (Å²) >= 11 is 1.43. The van der Waals surface area contributed by atoms with Crippen molar-refractivity contribution >= 4 is 27.8 Å². The predicted molar refractivity (Wildman–Crippen MR) is 117 cm³/mol. The van der Waals surface area contributed by atoms with Crippen LogP contribution in [0.3, 0.4) is 0 Å². The second kappa shape index (κ2) is 8.59. The summed E-state index contributed by atoms with van der Waals surface area (Å²) in [6.07, 6.45) is -0.878. The Morgan fingerprint density at radius 1 is 1.11 bits per heavy atom. The summed E-state index contributed by atoms with van der Waals surface area (Å²) in [6, 6.07) is 16.1. The van der Waals surface area contributed by atoms with E-state index in [1.54, 1.807) is 6.92 Å². The Kier molecular flexibility index (Phi) is 6.17. The SMILES string of the molecule is CC(=O)c1c(NCc2ccccc2)sc(C(O)Nc2ccc(C)cc2C)c1C. The van der Waals surface area contributed by atoms with Crippen LogP contribution in [0.4, 0.5) is 10.7 Å². The van der Waals surface area contributed by atoms with Crippen molar-refractivity contribution in [1.82, 2.24) is 0 Å². The second-order valence-corrected chi connectivity index (χ2v) is 8.11. The van der Waals surface area contributed by atoms with Gasteiger partial charge in [-0.15, -0.1) is 11.3 Å². The van der Waals surface area contributed by atoms with Gasteiger partial charge in [0.1, 0.15) is 5.00 Å². The first kappa shape index (κ1) is 20.1. The van der Waals surface area contributed by atoms with Gasteiger partial charge in [0.15, 0.2) is 12.0 Å². The molecule has 3 rings (SSSR count). The number of aliphatic hydroxyl groups excluding tert-OH is 1. The van der Waals surface area contributed by atoms with Gasteiger partial charge >= 0.3 is 0 Å². The number of carbonyl (C=O) groups excluding carboxylic acids is 1. The fourth-order valence-electron chi connectivity index (χ4n) is 3.31. The number of thiophene rings is 1. The molecule has 0 fully saturated rings. The molecule has 1 heterocycles. The standard InChI is InChI=1S/C23H26N2O2S/c1-14-10-11-19(15(2)12-14)25-22(27)21-16(3)20(17(4)26)23(28-21)24-13-18-8-6-5-7-9-18/h5-12,22,24-25,27H,13H2,1-4H3. The zero-order valence-electron chi connectivity index (χ0n) is 16.7. The number of benzene rings is 2. The number of nitrogens with one attached hydrogen (secondary N) is 2. The lowest BCUT2D eigenvalue weighted by molar-refractivity contribution is 0.101. The van der Waals surface area contributed by atoms with Gasteiger partial charge in [-0.25, -0.2) is 0 Å². The van der Waals surface area contributed by atoms with Crippen LogP contribution in [0.2, 0.25) is 0 Å². The number of Topliss-reactive ketones (excluding diaryl/α,β-unsaturated/α-hetero) is 1. The molecule has 28 heavy (non-hydrogen) atoms. The quantitative estimate of drug-likeness (QED) is 0.361. The average Bonchev–Trinajstić information content (AvgIpc) is 3.00. The van der Waals surface area contributed by atoms with Crippen LogP contribution in [-0.2, 0) is 6.54 Å². The molecule has 0 saturated carbocycles. The Hall–Kier alpha value is -2.63. The Bertz CT molecular complexity index is 980. The Morgan fingerprint density at radius 2 is 1.82 bits per heavy atom. The van der Waals surface area contributed by atoms with E-state index in [4.69, 9.17) is 0 Å². The van der Waals surface area contributed by atoms with Crippen LogP contribution in [-0.4, -0.2) is 10.9 Å². The van der Waals surface area contributed by atoms with E-state index in [0.29, 0.717) is 12.1 Å². The number of hydrogen-bond donors (Lipinski definition) is 3. The lowest BCUT2D eigenvalue weighted by Gasteiger charge is -2.16. The summed E-state index contributed by atoms with van der Waals surface area (Å²) in [7, 11) is 0. The van der Waals surface area contributed by atoms with E-state index in [1.165, 1.54) is 16.9 Å². The van der Waals surface area contributed by atoms with Crippen LogP contribution in [0.15, 0.2) is 48.5 Å². The highest BCUT2D eigenvalue weighted by atomic mass is 32.1. The van der Waals surface area contributed by atoms with Crippen molar-refractivity contribution < 1.29 is 9.90 Å². The monoisotopic (exact) mass is 394 g/mol. The highest BCUT2D eigenvalue weighted by Crippen LogP contribution is 2.38. The zero-order valence-corrected chi connectivity index (χ0v) is 17.5. The summed E-state index contributed by atoms with van der Waals surface area (Å²) in [4.78, 5) is 13.0. The number of ketones is 1. The van der Waals surface area contributed by atoms with Crippen molar-refractivity contribution in [3.8, 4) is 0 Å². The van der Waals surface area contributed by atoms with E-state index in [-0.39, 0.29) is 5.78 Å². The van der Waals surface area contributed by atoms with Gasteiger partial charge in [0.25, 0.3) is 0 Å². The molecule has 1 aromatic heterocycles. The maximum Gasteiger partial charge on any atom is 0.163 e. The summed E-state index contributed by atoms with van der Waals surface area (Å²) in [5.41, 5.74) is 5.74. The van der Waals surface area contributed by atoms with E-state index < -0.39 is 6.23 Å². The molecule has 1 unspecified atom stereocenters. The van der Waals surface area contributed by atoms with Crippen LogP contribution in [0.1, 0.15) is 50.6 Å². The molecule has 0 saturated heterocycles. The molecular formula is C23H26N2O2S. The largest absolute Gasteiger partial charge is 0.372 e. The molecule has 1 atom stereocenters. The third-order valence-electron chi connectivity index (χ3n) is 4.75. The van der Waals surface area contributed by atoms with Crippen LogP contribution >= 0.6 is 11.3 Å². The van der Waals surface area contributed by atoms with Gasteiger partial charge in [-0.2, -0.15) is 0 Å². The minimum Gasteiger partial charge on any atom is -0.372 e. The summed E-state index contributed by atoms with van der Waals surface area (Å²) < 4.78 is 0. The van der Waals surface area contributed by atoms with Gasteiger partial charge in [0, 0.05) is 12.2 Å². The lowest BCUT2D eigenvalue weighted by Crippen LogP contribution is -2.10. The smallest absolute Gasteiger partial charge is 0.163 e. The summed E-state index contributed by atoms with van der Waals surface area (Å²) in [5, 5.41) is 18.2. The van der Waals surface area contributed by atoms with Crippen molar-refractivity contribution in [2.45, 2.75) is 40.5 Å². The third kappa shape index (κ3) is 4.43. The fraction of sp³-hybridized carbons (Fsp3) is 0.261. The predicted octanol–water partition coefficient (Wildman–Crippen LogP) is 5.59. The van der Waals surface area contributed by atoms with Crippen molar-refractivity contribution in [2.75, 3.05) is 10.6 Å². The maximum atomic E-state index is 12.2. The molecule has 3 N–H and O–H groups in total. The van der Waals surface area contributed by atoms with E-state index in [1.807, 2.05) is 63.2 Å². The number of rotatable bonds is 7. The molecule has 4 nitrogen and oxygen atoms in total. The number of anilines is 2. The van der Waals surface area contributed by atoms with Gasteiger partial charge in [-0.05, 0) is 50.5 Å². The van der Waals surface area contributed by atoms with E-state index >= 15 is 0 Å². The van der Waals surface area contributed by atoms with E-state index in [9.17, 15) is 9.90 Å².